The number of benzene rings is 2. The van der Waals surface area contributed by atoms with Crippen LogP contribution in [0.4, 0.5) is 8.78 Å². The lowest BCUT2D eigenvalue weighted by atomic mass is 9.83. The number of hydrogen-bond acceptors (Lipinski definition) is 4. The van der Waals surface area contributed by atoms with Crippen molar-refractivity contribution < 1.29 is 28.9 Å². The summed E-state index contributed by atoms with van der Waals surface area (Å²) in [7, 11) is 0. The molecule has 0 bridgehead atoms. The van der Waals surface area contributed by atoms with Gasteiger partial charge in [0.25, 0.3) is 0 Å². The van der Waals surface area contributed by atoms with Gasteiger partial charge in [-0.05, 0) is 73.7 Å². The second-order valence-corrected chi connectivity index (χ2v) is 8.97. The summed E-state index contributed by atoms with van der Waals surface area (Å²) in [6, 6.07) is 12.4. The predicted octanol–water partition coefficient (Wildman–Crippen LogP) is 4.41. The molecular weight excluding hydrogens is 454 g/mol. The molecule has 3 N–H and O–H groups in total. The first kappa shape index (κ1) is 24.8. The highest BCUT2D eigenvalue weighted by Crippen LogP contribution is 2.37. The van der Waals surface area contributed by atoms with E-state index in [1.165, 1.54) is 30.3 Å². The number of hydrogen-bond donors (Lipinski definition) is 3. The highest BCUT2D eigenvalue weighted by atomic mass is 19.1. The highest BCUT2D eigenvalue weighted by molar-refractivity contribution is 5.67. The molecule has 1 aliphatic rings. The van der Waals surface area contributed by atoms with Crippen LogP contribution in [0.2, 0.25) is 0 Å². The summed E-state index contributed by atoms with van der Waals surface area (Å²) in [4.78, 5) is 10.8. The van der Waals surface area contributed by atoms with Gasteiger partial charge in [-0.25, -0.2) is 13.5 Å². The van der Waals surface area contributed by atoms with Crippen LogP contribution in [0.1, 0.15) is 54.1 Å². The third-order valence-corrected chi connectivity index (χ3v) is 6.29. The first-order valence-corrected chi connectivity index (χ1v) is 11.7. The molecule has 0 radical (unpaired) electrons. The van der Waals surface area contributed by atoms with Crippen LogP contribution >= 0.6 is 0 Å². The topological polar surface area (TPSA) is 95.6 Å². The van der Waals surface area contributed by atoms with Gasteiger partial charge in [0.05, 0.1) is 35.7 Å². The number of aliphatic hydroxyl groups excluding tert-OH is 2. The van der Waals surface area contributed by atoms with Crippen LogP contribution in [0.5, 0.6) is 0 Å². The molecule has 4 rings (SSSR count). The number of carbonyl (C=O) groups is 1. The van der Waals surface area contributed by atoms with Crippen LogP contribution in [0.3, 0.4) is 0 Å². The molecule has 1 unspecified atom stereocenters. The number of carboxylic acid groups (broad SMARTS) is 1. The molecule has 1 heterocycles. The van der Waals surface area contributed by atoms with Crippen molar-refractivity contribution in [1.29, 1.82) is 0 Å². The molecule has 0 aliphatic heterocycles. The van der Waals surface area contributed by atoms with Gasteiger partial charge in [-0.3, -0.25) is 4.79 Å². The van der Waals surface area contributed by atoms with Gasteiger partial charge in [-0.1, -0.05) is 18.2 Å². The number of nitrogens with zero attached hydrogens (tertiary/aromatic N) is 2. The maximum atomic E-state index is 13.6. The Labute approximate surface area is 202 Å². The lowest BCUT2D eigenvalue weighted by Gasteiger charge is -2.21. The van der Waals surface area contributed by atoms with Gasteiger partial charge < -0.3 is 15.3 Å². The molecule has 0 spiro atoms. The minimum Gasteiger partial charge on any atom is -0.481 e. The molecule has 0 saturated carbocycles. The monoisotopic (exact) mass is 482 g/mol. The molecule has 3 atom stereocenters. The molecule has 1 aliphatic carbocycles. The Bertz CT molecular complexity index is 1190. The minimum absolute atomic E-state index is 0.108. The summed E-state index contributed by atoms with van der Waals surface area (Å²) in [5, 5.41) is 33.9. The fourth-order valence-electron chi connectivity index (χ4n) is 4.63. The lowest BCUT2D eigenvalue weighted by molar-refractivity contribution is -0.139. The van der Waals surface area contributed by atoms with Crippen LogP contribution in [0, 0.1) is 11.6 Å². The van der Waals surface area contributed by atoms with E-state index < -0.39 is 24.6 Å². The van der Waals surface area contributed by atoms with Crippen molar-refractivity contribution in [3.8, 4) is 5.69 Å². The van der Waals surface area contributed by atoms with Gasteiger partial charge >= 0.3 is 5.97 Å². The minimum atomic E-state index is -1.16. The summed E-state index contributed by atoms with van der Waals surface area (Å²) < 4.78 is 28.6. The Morgan fingerprint density at radius 1 is 1.09 bits per heavy atom. The number of aliphatic hydroxyl groups is 2. The molecule has 35 heavy (non-hydrogen) atoms. The lowest BCUT2D eigenvalue weighted by Crippen LogP contribution is -2.19. The first-order chi connectivity index (χ1) is 16.8. The number of carboxylic acids is 1. The molecule has 8 heteroatoms. The van der Waals surface area contributed by atoms with Crippen molar-refractivity contribution in [2.24, 2.45) is 0 Å². The molecule has 2 aromatic carbocycles. The third-order valence-electron chi connectivity index (χ3n) is 6.29. The van der Waals surface area contributed by atoms with Crippen LogP contribution in [-0.4, -0.2) is 43.3 Å². The van der Waals surface area contributed by atoms with Crippen LogP contribution in [0.25, 0.3) is 11.8 Å². The first-order valence-electron chi connectivity index (χ1n) is 11.7. The van der Waals surface area contributed by atoms with Gasteiger partial charge in [0, 0.05) is 17.9 Å². The Balaban J connectivity index is 1.66. The van der Waals surface area contributed by atoms with E-state index in [0.29, 0.717) is 12.1 Å². The number of aromatic nitrogens is 2. The number of halogens is 2. The summed E-state index contributed by atoms with van der Waals surface area (Å²) >= 11 is 0. The standard InChI is InChI=1S/C27H28F2N2O4/c28-19-6-4-17(5-7-19)14-18-2-1-3-24-25(13-12-22(32)15-23(33)16-26(34)35)31(30-27(18)24)21-10-8-20(29)9-11-21/h4-13,18,22-23,32-33H,1-3,14-16H2,(H,34,35)/b13-12+/t18?,22-,23-/m0/s1. The zero-order chi connectivity index (χ0) is 24.9. The fraction of sp³-hybridized carbons (Fsp3) is 0.333. The molecule has 1 aromatic heterocycles. The average Bonchev–Trinajstić information content (AvgIpc) is 3.18. The molecule has 0 fully saturated rings. The maximum Gasteiger partial charge on any atom is 0.305 e. The van der Waals surface area contributed by atoms with Crippen LogP contribution < -0.4 is 0 Å². The van der Waals surface area contributed by atoms with E-state index in [4.69, 9.17) is 10.2 Å². The van der Waals surface area contributed by atoms with Gasteiger partial charge in [-0.2, -0.15) is 5.10 Å². The third kappa shape index (κ3) is 6.21. The van der Waals surface area contributed by atoms with E-state index >= 15 is 0 Å². The molecular formula is C27H28F2N2O4. The molecule has 184 valence electrons. The smallest absolute Gasteiger partial charge is 0.305 e. The van der Waals surface area contributed by atoms with Crippen molar-refractivity contribution in [3.05, 3.63) is 88.8 Å². The zero-order valence-electron chi connectivity index (χ0n) is 19.1. The van der Waals surface area contributed by atoms with Crippen molar-refractivity contribution in [1.82, 2.24) is 9.78 Å². The Morgan fingerprint density at radius 3 is 2.40 bits per heavy atom. The van der Waals surface area contributed by atoms with Crippen LogP contribution in [0.15, 0.2) is 54.6 Å². The van der Waals surface area contributed by atoms with E-state index in [1.807, 2.05) is 0 Å². The Morgan fingerprint density at radius 2 is 1.74 bits per heavy atom. The number of aliphatic carboxylic acids is 1. The fourth-order valence-corrected chi connectivity index (χ4v) is 4.63. The van der Waals surface area contributed by atoms with Crippen molar-refractivity contribution in [3.63, 3.8) is 0 Å². The van der Waals surface area contributed by atoms with E-state index in [9.17, 15) is 23.8 Å². The zero-order valence-corrected chi connectivity index (χ0v) is 19.1. The van der Waals surface area contributed by atoms with Crippen molar-refractivity contribution in [2.75, 3.05) is 0 Å². The Hall–Kier alpha value is -3.36. The van der Waals surface area contributed by atoms with Gasteiger partial charge in [0.1, 0.15) is 11.6 Å². The van der Waals surface area contributed by atoms with E-state index in [1.54, 1.807) is 35.0 Å². The summed E-state index contributed by atoms with van der Waals surface area (Å²) in [6.45, 7) is 0. The van der Waals surface area contributed by atoms with E-state index in [2.05, 4.69) is 0 Å². The second kappa shape index (κ2) is 10.9. The summed E-state index contributed by atoms with van der Waals surface area (Å²) in [6.07, 6.45) is 3.85. The largest absolute Gasteiger partial charge is 0.481 e. The van der Waals surface area contributed by atoms with E-state index in [-0.39, 0.29) is 24.0 Å². The summed E-state index contributed by atoms with van der Waals surface area (Å²) in [5.41, 5.74) is 4.39. The quantitative estimate of drug-likeness (QED) is 0.420. The van der Waals surface area contributed by atoms with Gasteiger partial charge in [-0.15, -0.1) is 0 Å². The molecule has 6 nitrogen and oxygen atoms in total. The van der Waals surface area contributed by atoms with Crippen LogP contribution in [-0.2, 0) is 17.6 Å². The van der Waals surface area contributed by atoms with Crippen molar-refractivity contribution >= 4 is 12.0 Å². The van der Waals surface area contributed by atoms with Gasteiger partial charge in [0.2, 0.25) is 0 Å². The van der Waals surface area contributed by atoms with E-state index in [0.717, 1.165) is 41.8 Å². The molecule has 0 saturated heterocycles. The SMILES string of the molecule is O=C(O)C[C@@H](O)C[C@@H](O)/C=C/c1c2c(nn1-c1ccc(F)cc1)C(Cc1ccc(F)cc1)CCC2. The number of fused-ring (bicyclic) bond motifs is 1. The highest BCUT2D eigenvalue weighted by Gasteiger charge is 2.28. The maximum absolute atomic E-state index is 13.6. The summed E-state index contributed by atoms with van der Waals surface area (Å²) in [5.74, 6) is -1.65. The second-order valence-electron chi connectivity index (χ2n) is 8.97. The average molecular weight is 483 g/mol. The molecule has 3 aromatic rings. The number of rotatable bonds is 9. The molecule has 0 amide bonds. The Kier molecular flexibility index (Phi) is 7.73. The normalized spacial score (nSPS) is 17.3. The van der Waals surface area contributed by atoms with Crippen molar-refractivity contribution in [2.45, 2.75) is 56.7 Å². The predicted molar refractivity (Wildman–Crippen MR) is 127 cm³/mol. The van der Waals surface area contributed by atoms with Gasteiger partial charge in [0.15, 0.2) is 0 Å².